The molecule has 0 aliphatic carbocycles. The quantitative estimate of drug-likeness (QED) is 0.521. The molecule has 0 radical (unpaired) electrons. The Morgan fingerprint density at radius 1 is 0.973 bits per heavy atom. The topological polar surface area (TPSA) is 123 Å². The lowest BCUT2D eigenvalue weighted by atomic mass is 10.1. The SMILES string of the molecule is Nc1nc2cccc(OC3CCN(C(=O)OCc4ccccc4)CC3)c2n1[C@@H]1CCCCN(C(=O)O)C1. The molecule has 3 heterocycles. The van der Waals surface area contributed by atoms with Gasteiger partial charge in [-0.25, -0.2) is 14.6 Å². The van der Waals surface area contributed by atoms with E-state index in [9.17, 15) is 14.7 Å². The van der Waals surface area contributed by atoms with Gasteiger partial charge in [-0.1, -0.05) is 36.4 Å². The zero-order chi connectivity index (χ0) is 25.8. The Morgan fingerprint density at radius 3 is 2.51 bits per heavy atom. The van der Waals surface area contributed by atoms with Gasteiger partial charge in [-0.15, -0.1) is 0 Å². The Kier molecular flexibility index (Phi) is 7.34. The fraction of sp³-hybridized carbons (Fsp3) is 0.444. The number of nitrogen functional groups attached to an aromatic ring is 1. The molecule has 2 saturated heterocycles. The molecule has 1 atom stereocenters. The summed E-state index contributed by atoms with van der Waals surface area (Å²) in [6.07, 6.45) is 2.61. The van der Waals surface area contributed by atoms with Gasteiger partial charge < -0.3 is 34.7 Å². The van der Waals surface area contributed by atoms with Gasteiger partial charge in [-0.2, -0.15) is 0 Å². The summed E-state index contributed by atoms with van der Waals surface area (Å²) in [5.74, 6) is 1.04. The predicted octanol–water partition coefficient (Wildman–Crippen LogP) is 4.50. The van der Waals surface area contributed by atoms with Gasteiger partial charge >= 0.3 is 12.2 Å². The number of benzene rings is 2. The highest BCUT2D eigenvalue weighted by Gasteiger charge is 2.29. The van der Waals surface area contributed by atoms with Crippen LogP contribution in [0, 0.1) is 0 Å². The minimum absolute atomic E-state index is 0.0713. The molecule has 2 aromatic carbocycles. The van der Waals surface area contributed by atoms with Crippen LogP contribution in [-0.2, 0) is 11.3 Å². The van der Waals surface area contributed by atoms with Crippen molar-refractivity contribution >= 4 is 29.2 Å². The number of rotatable bonds is 5. The van der Waals surface area contributed by atoms with E-state index in [1.54, 1.807) is 4.90 Å². The smallest absolute Gasteiger partial charge is 0.410 e. The molecule has 3 aromatic rings. The van der Waals surface area contributed by atoms with Crippen LogP contribution < -0.4 is 10.5 Å². The van der Waals surface area contributed by atoms with Crippen LogP contribution >= 0.6 is 0 Å². The van der Waals surface area contributed by atoms with Crippen LogP contribution in [0.5, 0.6) is 5.75 Å². The van der Waals surface area contributed by atoms with Crippen molar-refractivity contribution in [3.63, 3.8) is 0 Å². The van der Waals surface area contributed by atoms with Gasteiger partial charge in [-0.05, 0) is 37.0 Å². The molecule has 0 saturated carbocycles. The number of hydrogen-bond donors (Lipinski definition) is 2. The van der Waals surface area contributed by atoms with Crippen molar-refractivity contribution < 1.29 is 24.2 Å². The molecule has 0 bridgehead atoms. The van der Waals surface area contributed by atoms with Crippen LogP contribution in [0.3, 0.4) is 0 Å². The molecular weight excluding hydrogens is 474 g/mol. The van der Waals surface area contributed by atoms with Crippen LogP contribution in [0.4, 0.5) is 15.5 Å². The highest BCUT2D eigenvalue weighted by molar-refractivity contribution is 5.84. The molecule has 3 N–H and O–H groups in total. The van der Waals surface area contributed by atoms with Gasteiger partial charge in [0.1, 0.15) is 24.0 Å². The third kappa shape index (κ3) is 5.58. The average molecular weight is 508 g/mol. The molecule has 10 heteroatoms. The minimum atomic E-state index is -0.916. The normalized spacial score (nSPS) is 19.0. The molecule has 2 fully saturated rings. The standard InChI is InChI=1S/C27H33N5O5/c28-25-29-22-10-6-11-23(24(22)32(25)20-9-4-5-14-31(17-20)26(33)34)37-21-12-15-30(16-13-21)27(35)36-18-19-7-2-1-3-8-19/h1-3,6-8,10-11,20-21H,4-5,9,12-18H2,(H2,28,29)(H,33,34)/t20-/m1/s1. The molecule has 196 valence electrons. The summed E-state index contributed by atoms with van der Waals surface area (Å²) in [6, 6.07) is 15.2. The lowest BCUT2D eigenvalue weighted by Crippen LogP contribution is -2.42. The zero-order valence-electron chi connectivity index (χ0n) is 20.8. The van der Waals surface area contributed by atoms with Crippen LogP contribution in [0.25, 0.3) is 11.0 Å². The number of carbonyl (C=O) groups excluding carboxylic acids is 1. The number of carboxylic acid groups (broad SMARTS) is 1. The number of amides is 2. The molecular formula is C27H33N5O5. The van der Waals surface area contributed by atoms with Crippen LogP contribution in [0.1, 0.15) is 43.7 Å². The molecule has 37 heavy (non-hydrogen) atoms. The molecule has 1 aromatic heterocycles. The maximum Gasteiger partial charge on any atom is 0.410 e. The Hall–Kier alpha value is -3.95. The number of nitrogens with zero attached hydrogens (tertiary/aromatic N) is 4. The number of hydrogen-bond acceptors (Lipinski definition) is 6. The van der Waals surface area contributed by atoms with Crippen molar-refractivity contribution in [2.24, 2.45) is 0 Å². The van der Waals surface area contributed by atoms with Crippen LogP contribution in [-0.4, -0.2) is 68.9 Å². The third-order valence-corrected chi connectivity index (χ3v) is 7.18. The number of carbonyl (C=O) groups is 2. The van der Waals surface area contributed by atoms with Crippen molar-refractivity contribution in [3.05, 3.63) is 54.1 Å². The summed E-state index contributed by atoms with van der Waals surface area (Å²) in [5.41, 5.74) is 8.83. The van der Waals surface area contributed by atoms with Gasteiger partial charge in [0, 0.05) is 39.0 Å². The maximum atomic E-state index is 12.5. The lowest BCUT2D eigenvalue weighted by Gasteiger charge is -2.32. The number of piperidine rings is 1. The number of imidazole rings is 1. The summed E-state index contributed by atoms with van der Waals surface area (Å²) in [5, 5.41) is 9.59. The first-order valence-electron chi connectivity index (χ1n) is 12.9. The van der Waals surface area contributed by atoms with E-state index in [4.69, 9.17) is 15.2 Å². The Morgan fingerprint density at radius 2 is 1.76 bits per heavy atom. The zero-order valence-corrected chi connectivity index (χ0v) is 20.8. The van der Waals surface area contributed by atoms with E-state index in [2.05, 4.69) is 4.98 Å². The van der Waals surface area contributed by atoms with Gasteiger partial charge in [0.2, 0.25) is 5.95 Å². The van der Waals surface area contributed by atoms with E-state index >= 15 is 0 Å². The molecule has 0 unspecified atom stereocenters. The van der Waals surface area contributed by atoms with E-state index < -0.39 is 6.09 Å². The van der Waals surface area contributed by atoms with Gasteiger partial charge in [0.05, 0.1) is 11.6 Å². The first-order valence-corrected chi connectivity index (χ1v) is 12.9. The summed E-state index contributed by atoms with van der Waals surface area (Å²) < 4.78 is 13.9. The maximum absolute atomic E-state index is 12.5. The number of anilines is 1. The van der Waals surface area contributed by atoms with Crippen molar-refractivity contribution in [1.82, 2.24) is 19.4 Å². The van der Waals surface area contributed by atoms with Crippen molar-refractivity contribution in [2.45, 2.75) is 50.9 Å². The molecule has 2 aliphatic heterocycles. The lowest BCUT2D eigenvalue weighted by molar-refractivity contribution is 0.0641. The fourth-order valence-corrected chi connectivity index (χ4v) is 5.25. The Labute approximate surface area is 215 Å². The van der Waals surface area contributed by atoms with E-state index in [0.717, 1.165) is 35.9 Å². The number of aromatic nitrogens is 2. The number of para-hydroxylation sites is 1. The highest BCUT2D eigenvalue weighted by Crippen LogP contribution is 2.35. The summed E-state index contributed by atoms with van der Waals surface area (Å²) in [7, 11) is 0. The van der Waals surface area contributed by atoms with Gasteiger partial charge in [-0.3, -0.25) is 0 Å². The summed E-state index contributed by atoms with van der Waals surface area (Å²) >= 11 is 0. The molecule has 2 aliphatic rings. The van der Waals surface area contributed by atoms with Crippen molar-refractivity contribution in [2.75, 3.05) is 31.9 Å². The van der Waals surface area contributed by atoms with Gasteiger partial charge in [0.15, 0.2) is 0 Å². The average Bonchev–Trinajstić information content (AvgIpc) is 3.07. The predicted molar refractivity (Wildman–Crippen MR) is 138 cm³/mol. The first-order chi connectivity index (χ1) is 18.0. The third-order valence-electron chi connectivity index (χ3n) is 7.18. The van der Waals surface area contributed by atoms with E-state index in [1.165, 1.54) is 4.90 Å². The molecule has 10 nitrogen and oxygen atoms in total. The van der Waals surface area contributed by atoms with Gasteiger partial charge in [0.25, 0.3) is 0 Å². The highest BCUT2D eigenvalue weighted by atomic mass is 16.6. The van der Waals surface area contributed by atoms with Crippen molar-refractivity contribution in [1.29, 1.82) is 0 Å². The second-order valence-corrected chi connectivity index (χ2v) is 9.69. The van der Waals surface area contributed by atoms with Crippen LogP contribution in [0.2, 0.25) is 0 Å². The first kappa shape index (κ1) is 24.7. The van der Waals surface area contributed by atoms with E-state index in [0.29, 0.717) is 50.7 Å². The summed E-state index contributed by atoms with van der Waals surface area (Å²) in [4.78, 5) is 32.0. The van der Waals surface area contributed by atoms with Crippen LogP contribution in [0.15, 0.2) is 48.5 Å². The Bertz CT molecular complexity index is 1240. The summed E-state index contributed by atoms with van der Waals surface area (Å²) in [6.45, 7) is 2.23. The van der Waals surface area contributed by atoms with E-state index in [1.807, 2.05) is 53.1 Å². The monoisotopic (exact) mass is 507 g/mol. The van der Waals surface area contributed by atoms with E-state index in [-0.39, 0.29) is 24.8 Å². The number of ether oxygens (including phenoxy) is 2. The fourth-order valence-electron chi connectivity index (χ4n) is 5.25. The number of likely N-dealkylation sites (tertiary alicyclic amines) is 2. The number of fused-ring (bicyclic) bond motifs is 1. The largest absolute Gasteiger partial charge is 0.488 e. The molecule has 0 spiro atoms. The second-order valence-electron chi connectivity index (χ2n) is 9.69. The second kappa shape index (κ2) is 11.0. The Balaban J connectivity index is 1.26. The number of nitrogens with two attached hydrogens (primary N) is 1. The minimum Gasteiger partial charge on any atom is -0.488 e. The molecule has 5 rings (SSSR count). The van der Waals surface area contributed by atoms with Crippen molar-refractivity contribution in [3.8, 4) is 5.75 Å². The molecule has 2 amide bonds.